The van der Waals surface area contributed by atoms with Crippen LogP contribution in [0.15, 0.2) is 28.7 Å². The molecule has 0 amide bonds. The molecule has 1 nitrogen and oxygen atoms in total. The van der Waals surface area contributed by atoms with Gasteiger partial charge in [0.2, 0.25) is 0 Å². The van der Waals surface area contributed by atoms with Crippen molar-refractivity contribution in [1.29, 1.82) is 0 Å². The zero-order chi connectivity index (χ0) is 14.4. The van der Waals surface area contributed by atoms with E-state index in [4.69, 9.17) is 0 Å². The second kappa shape index (κ2) is 5.38. The molecule has 1 unspecified atom stereocenters. The van der Waals surface area contributed by atoms with Gasteiger partial charge in [0, 0.05) is 4.47 Å². The number of halogens is 1. The lowest BCUT2D eigenvalue weighted by Crippen LogP contribution is -2.39. The highest BCUT2D eigenvalue weighted by atomic mass is 79.9. The third-order valence-electron chi connectivity index (χ3n) is 6.63. The van der Waals surface area contributed by atoms with Gasteiger partial charge in [0.05, 0.1) is 5.60 Å². The van der Waals surface area contributed by atoms with Crippen molar-refractivity contribution in [3.63, 3.8) is 0 Å². The minimum Gasteiger partial charge on any atom is -0.385 e. The largest absolute Gasteiger partial charge is 0.385 e. The quantitative estimate of drug-likeness (QED) is 0.733. The molecule has 4 rings (SSSR count). The molecule has 21 heavy (non-hydrogen) atoms. The molecule has 0 heterocycles. The summed E-state index contributed by atoms with van der Waals surface area (Å²) in [6.45, 7) is 0. The van der Waals surface area contributed by atoms with E-state index in [-0.39, 0.29) is 0 Å². The Morgan fingerprint density at radius 3 is 1.81 bits per heavy atom. The van der Waals surface area contributed by atoms with Crippen LogP contribution < -0.4 is 0 Å². The Hall–Kier alpha value is -0.340. The van der Waals surface area contributed by atoms with Crippen LogP contribution in [-0.2, 0) is 5.60 Å². The summed E-state index contributed by atoms with van der Waals surface area (Å²) in [5.74, 6) is 2.55. The first kappa shape index (κ1) is 14.3. The molecule has 0 radical (unpaired) electrons. The predicted molar refractivity (Wildman–Crippen MR) is 88.9 cm³/mol. The van der Waals surface area contributed by atoms with Crippen LogP contribution in [0.4, 0.5) is 0 Å². The Labute approximate surface area is 136 Å². The van der Waals surface area contributed by atoms with E-state index in [0.717, 1.165) is 16.3 Å². The van der Waals surface area contributed by atoms with Crippen LogP contribution in [0.3, 0.4) is 0 Å². The maximum atomic E-state index is 11.8. The lowest BCUT2D eigenvalue weighted by molar-refractivity contribution is -0.0650. The number of hydrogen-bond donors (Lipinski definition) is 1. The highest BCUT2D eigenvalue weighted by molar-refractivity contribution is 9.10. The van der Waals surface area contributed by atoms with Gasteiger partial charge in [-0.25, -0.2) is 0 Å². The Kier molecular flexibility index (Phi) is 3.66. The third-order valence-corrected chi connectivity index (χ3v) is 7.15. The van der Waals surface area contributed by atoms with Crippen molar-refractivity contribution in [3.8, 4) is 0 Å². The van der Waals surface area contributed by atoms with Gasteiger partial charge in [-0.1, -0.05) is 53.7 Å². The van der Waals surface area contributed by atoms with Gasteiger partial charge in [0.1, 0.15) is 0 Å². The molecular formula is C19H25BrO. The van der Waals surface area contributed by atoms with Gasteiger partial charge < -0.3 is 5.11 Å². The normalized spacial score (nSPS) is 42.4. The summed E-state index contributed by atoms with van der Waals surface area (Å²) in [4.78, 5) is 0. The van der Waals surface area contributed by atoms with Gasteiger partial charge in [0.25, 0.3) is 0 Å². The van der Waals surface area contributed by atoms with Crippen molar-refractivity contribution in [1.82, 2.24) is 0 Å². The molecule has 1 aromatic rings. The second-order valence-corrected chi connectivity index (χ2v) is 8.36. The van der Waals surface area contributed by atoms with Crippen molar-refractivity contribution < 1.29 is 5.11 Å². The predicted octanol–water partition coefficient (Wildman–Crippen LogP) is 5.26. The Morgan fingerprint density at radius 1 is 0.810 bits per heavy atom. The molecule has 3 saturated carbocycles. The summed E-state index contributed by atoms with van der Waals surface area (Å²) in [7, 11) is 0. The molecule has 3 aliphatic carbocycles. The molecule has 0 bridgehead atoms. The van der Waals surface area contributed by atoms with Crippen LogP contribution >= 0.6 is 15.9 Å². The molecule has 2 heteroatoms. The minimum atomic E-state index is -0.559. The standard InChI is InChI=1S/C19H25BrO/c20-14-11-9-13(10-12-14)19(21)17-7-3-1-5-15(17)16-6-2-4-8-18(16)19/h9-12,15-18,21H,1-8H2/t15-,16+,17+,18-,19?. The fraction of sp³-hybridized carbons (Fsp3) is 0.684. The lowest BCUT2D eigenvalue weighted by Gasteiger charge is -2.39. The smallest absolute Gasteiger partial charge is 0.0958 e. The van der Waals surface area contributed by atoms with Crippen molar-refractivity contribution in [2.45, 2.75) is 57.0 Å². The van der Waals surface area contributed by atoms with Gasteiger partial charge in [-0.15, -0.1) is 0 Å². The fourth-order valence-electron chi connectivity index (χ4n) is 5.86. The monoisotopic (exact) mass is 348 g/mol. The number of aliphatic hydroxyl groups is 1. The molecule has 0 spiro atoms. The van der Waals surface area contributed by atoms with Crippen LogP contribution in [0.2, 0.25) is 0 Å². The van der Waals surface area contributed by atoms with Crippen molar-refractivity contribution in [2.75, 3.05) is 0 Å². The van der Waals surface area contributed by atoms with E-state index in [1.165, 1.54) is 56.9 Å². The van der Waals surface area contributed by atoms with E-state index in [2.05, 4.69) is 40.2 Å². The molecule has 5 atom stereocenters. The first-order valence-corrected chi connectivity index (χ1v) is 9.49. The van der Waals surface area contributed by atoms with Crippen LogP contribution in [-0.4, -0.2) is 5.11 Å². The number of hydrogen-bond acceptors (Lipinski definition) is 1. The topological polar surface area (TPSA) is 20.2 Å². The number of benzene rings is 1. The molecule has 3 fully saturated rings. The van der Waals surface area contributed by atoms with Gasteiger partial charge in [-0.2, -0.15) is 0 Å². The van der Waals surface area contributed by atoms with Crippen molar-refractivity contribution in [2.24, 2.45) is 23.7 Å². The first-order chi connectivity index (χ1) is 10.2. The average molecular weight is 349 g/mol. The van der Waals surface area contributed by atoms with E-state index >= 15 is 0 Å². The first-order valence-electron chi connectivity index (χ1n) is 8.69. The highest BCUT2D eigenvalue weighted by Crippen LogP contribution is 2.62. The number of fused-ring (bicyclic) bond motifs is 3. The van der Waals surface area contributed by atoms with Crippen molar-refractivity contribution >= 4 is 15.9 Å². The summed E-state index contributed by atoms with van der Waals surface area (Å²) >= 11 is 3.53. The zero-order valence-electron chi connectivity index (χ0n) is 12.6. The summed E-state index contributed by atoms with van der Waals surface area (Å²) in [6, 6.07) is 8.52. The van der Waals surface area contributed by atoms with Gasteiger partial charge >= 0.3 is 0 Å². The lowest BCUT2D eigenvalue weighted by atomic mass is 9.71. The number of rotatable bonds is 1. The average Bonchev–Trinajstić information content (AvgIpc) is 2.80. The summed E-state index contributed by atoms with van der Waals surface area (Å²) < 4.78 is 1.10. The summed E-state index contributed by atoms with van der Waals surface area (Å²) in [6.07, 6.45) is 10.5. The van der Waals surface area contributed by atoms with Gasteiger partial charge in [-0.3, -0.25) is 0 Å². The third kappa shape index (κ3) is 2.13. The SMILES string of the molecule is OC1(c2ccc(Br)cc2)[C@@H]2CCCC[C@H]2[C@H]2CCCC[C@@H]21. The Balaban J connectivity index is 1.78. The molecule has 0 saturated heterocycles. The van der Waals surface area contributed by atoms with E-state index in [1.807, 2.05) is 0 Å². The van der Waals surface area contributed by atoms with Crippen LogP contribution in [0.5, 0.6) is 0 Å². The zero-order valence-corrected chi connectivity index (χ0v) is 14.2. The fourth-order valence-corrected chi connectivity index (χ4v) is 6.12. The van der Waals surface area contributed by atoms with Crippen LogP contribution in [0, 0.1) is 23.7 Å². The maximum absolute atomic E-state index is 11.8. The molecule has 1 N–H and O–H groups in total. The highest BCUT2D eigenvalue weighted by Gasteiger charge is 2.60. The van der Waals surface area contributed by atoms with Crippen LogP contribution in [0.1, 0.15) is 56.9 Å². The Morgan fingerprint density at radius 2 is 1.29 bits per heavy atom. The van der Waals surface area contributed by atoms with E-state index in [1.54, 1.807) is 0 Å². The van der Waals surface area contributed by atoms with Crippen molar-refractivity contribution in [3.05, 3.63) is 34.3 Å². The van der Waals surface area contributed by atoms with Gasteiger partial charge in [-0.05, 0) is 67.1 Å². The summed E-state index contributed by atoms with van der Waals surface area (Å²) in [5.41, 5.74) is 0.619. The minimum absolute atomic E-state index is 0.500. The van der Waals surface area contributed by atoms with E-state index in [9.17, 15) is 5.11 Å². The van der Waals surface area contributed by atoms with E-state index < -0.39 is 5.60 Å². The molecule has 0 aromatic heterocycles. The van der Waals surface area contributed by atoms with Crippen LogP contribution in [0.25, 0.3) is 0 Å². The molecule has 3 aliphatic rings. The summed E-state index contributed by atoms with van der Waals surface area (Å²) in [5, 5.41) is 11.8. The van der Waals surface area contributed by atoms with Gasteiger partial charge in [0.15, 0.2) is 0 Å². The molecule has 0 aliphatic heterocycles. The molecule has 1 aromatic carbocycles. The maximum Gasteiger partial charge on any atom is 0.0958 e. The molecule has 114 valence electrons. The second-order valence-electron chi connectivity index (χ2n) is 7.44. The Bertz CT molecular complexity index is 487. The molecular weight excluding hydrogens is 324 g/mol. The van der Waals surface area contributed by atoms with E-state index in [0.29, 0.717) is 11.8 Å².